The predicted molar refractivity (Wildman–Crippen MR) is 77.0 cm³/mol. The molecule has 0 aliphatic rings. The van der Waals surface area contributed by atoms with E-state index in [9.17, 15) is 9.90 Å². The van der Waals surface area contributed by atoms with Crippen LogP contribution in [0.5, 0.6) is 5.75 Å². The Kier molecular flexibility index (Phi) is 2.91. The fourth-order valence-electron chi connectivity index (χ4n) is 2.01. The van der Waals surface area contributed by atoms with Crippen LogP contribution in [0.25, 0.3) is 11.0 Å². The number of benzene rings is 2. The quantitative estimate of drug-likeness (QED) is 0.696. The van der Waals surface area contributed by atoms with E-state index in [1.165, 1.54) is 12.1 Å². The standard InChI is InChI=1S/C16H13NO3/c1-10-2-7-14-11(8-10)9-15(20-14)16(19)17-12-3-5-13(18)6-4-12/h2-9,18H,1H3,(H,17,19). The number of hydrogen-bond acceptors (Lipinski definition) is 3. The SMILES string of the molecule is Cc1ccc2oc(C(=O)Nc3ccc(O)cc3)cc2c1. The van der Waals surface area contributed by atoms with Gasteiger partial charge in [-0.2, -0.15) is 0 Å². The van der Waals surface area contributed by atoms with Crippen molar-refractivity contribution in [3.05, 3.63) is 59.9 Å². The fraction of sp³-hybridized carbons (Fsp3) is 0.0625. The van der Waals surface area contributed by atoms with E-state index in [-0.39, 0.29) is 17.4 Å². The maximum Gasteiger partial charge on any atom is 0.291 e. The van der Waals surface area contributed by atoms with Crippen molar-refractivity contribution in [2.45, 2.75) is 6.92 Å². The summed E-state index contributed by atoms with van der Waals surface area (Å²) in [6.07, 6.45) is 0. The van der Waals surface area contributed by atoms with Crippen LogP contribution < -0.4 is 5.32 Å². The Morgan fingerprint density at radius 3 is 2.60 bits per heavy atom. The van der Waals surface area contributed by atoms with Gasteiger partial charge in [0.25, 0.3) is 5.91 Å². The number of nitrogens with one attached hydrogen (secondary N) is 1. The molecule has 0 spiro atoms. The van der Waals surface area contributed by atoms with E-state index in [0.717, 1.165) is 10.9 Å². The van der Waals surface area contributed by atoms with E-state index < -0.39 is 0 Å². The van der Waals surface area contributed by atoms with Crippen molar-refractivity contribution in [1.29, 1.82) is 0 Å². The van der Waals surface area contributed by atoms with Crippen molar-refractivity contribution in [1.82, 2.24) is 0 Å². The third-order valence-corrected chi connectivity index (χ3v) is 3.02. The summed E-state index contributed by atoms with van der Waals surface area (Å²) >= 11 is 0. The lowest BCUT2D eigenvalue weighted by molar-refractivity contribution is 0.0998. The number of carbonyl (C=O) groups is 1. The lowest BCUT2D eigenvalue weighted by Crippen LogP contribution is -2.10. The van der Waals surface area contributed by atoms with Gasteiger partial charge < -0.3 is 14.8 Å². The summed E-state index contributed by atoms with van der Waals surface area (Å²) in [5.74, 6) is 0.102. The van der Waals surface area contributed by atoms with E-state index >= 15 is 0 Å². The lowest BCUT2D eigenvalue weighted by atomic mass is 10.2. The first-order valence-electron chi connectivity index (χ1n) is 6.22. The molecular formula is C16H13NO3. The van der Waals surface area contributed by atoms with Gasteiger partial charge in [-0.15, -0.1) is 0 Å². The summed E-state index contributed by atoms with van der Waals surface area (Å²) in [7, 11) is 0. The molecule has 4 heteroatoms. The summed E-state index contributed by atoms with van der Waals surface area (Å²) in [5.41, 5.74) is 2.40. The van der Waals surface area contributed by atoms with Gasteiger partial charge in [0.2, 0.25) is 0 Å². The van der Waals surface area contributed by atoms with Gasteiger partial charge in [0.05, 0.1) is 0 Å². The first-order valence-corrected chi connectivity index (χ1v) is 6.22. The molecule has 1 heterocycles. The van der Waals surface area contributed by atoms with Crippen LogP contribution >= 0.6 is 0 Å². The van der Waals surface area contributed by atoms with Crippen molar-refractivity contribution < 1.29 is 14.3 Å². The van der Waals surface area contributed by atoms with Gasteiger partial charge in [0.15, 0.2) is 5.76 Å². The van der Waals surface area contributed by atoms with E-state index in [2.05, 4.69) is 5.32 Å². The molecule has 0 unspecified atom stereocenters. The van der Waals surface area contributed by atoms with Gasteiger partial charge in [-0.1, -0.05) is 11.6 Å². The predicted octanol–water partition coefficient (Wildman–Crippen LogP) is 3.70. The first-order chi connectivity index (χ1) is 9.61. The number of phenolic OH excluding ortho intramolecular Hbond substituents is 1. The van der Waals surface area contributed by atoms with Crippen LogP contribution in [-0.2, 0) is 0 Å². The molecule has 2 N–H and O–H groups in total. The zero-order chi connectivity index (χ0) is 14.1. The van der Waals surface area contributed by atoms with Crippen molar-refractivity contribution in [2.75, 3.05) is 5.32 Å². The maximum atomic E-state index is 12.1. The van der Waals surface area contributed by atoms with Gasteiger partial charge in [-0.05, 0) is 49.4 Å². The molecule has 100 valence electrons. The van der Waals surface area contributed by atoms with Crippen LogP contribution in [0.4, 0.5) is 5.69 Å². The molecule has 1 aromatic heterocycles. The highest BCUT2D eigenvalue weighted by atomic mass is 16.3. The van der Waals surface area contributed by atoms with Gasteiger partial charge in [0.1, 0.15) is 11.3 Å². The van der Waals surface area contributed by atoms with E-state index in [4.69, 9.17) is 4.42 Å². The highest BCUT2D eigenvalue weighted by Gasteiger charge is 2.12. The molecular weight excluding hydrogens is 254 g/mol. The number of hydrogen-bond donors (Lipinski definition) is 2. The highest BCUT2D eigenvalue weighted by molar-refractivity contribution is 6.04. The Bertz CT molecular complexity index is 772. The smallest absolute Gasteiger partial charge is 0.291 e. The topological polar surface area (TPSA) is 62.5 Å². The molecule has 2 aromatic carbocycles. The molecule has 0 atom stereocenters. The number of anilines is 1. The molecule has 0 radical (unpaired) electrons. The van der Waals surface area contributed by atoms with Crippen LogP contribution in [0.15, 0.2) is 52.9 Å². The Morgan fingerprint density at radius 2 is 1.85 bits per heavy atom. The largest absolute Gasteiger partial charge is 0.508 e. The molecule has 0 bridgehead atoms. The second-order valence-corrected chi connectivity index (χ2v) is 4.65. The van der Waals surface area contributed by atoms with Crippen molar-refractivity contribution in [3.8, 4) is 5.75 Å². The molecule has 0 aliphatic carbocycles. The summed E-state index contributed by atoms with van der Waals surface area (Å²) in [6, 6.07) is 13.7. The van der Waals surface area contributed by atoms with E-state index in [0.29, 0.717) is 11.3 Å². The molecule has 4 nitrogen and oxygen atoms in total. The number of phenols is 1. The molecule has 3 rings (SSSR count). The second kappa shape index (κ2) is 4.74. The van der Waals surface area contributed by atoms with Crippen LogP contribution in [0.2, 0.25) is 0 Å². The van der Waals surface area contributed by atoms with Gasteiger partial charge >= 0.3 is 0 Å². The lowest BCUT2D eigenvalue weighted by Gasteiger charge is -2.02. The zero-order valence-electron chi connectivity index (χ0n) is 10.9. The van der Waals surface area contributed by atoms with Crippen LogP contribution in [0, 0.1) is 6.92 Å². The number of rotatable bonds is 2. The normalized spacial score (nSPS) is 10.7. The van der Waals surface area contributed by atoms with Crippen LogP contribution in [0.1, 0.15) is 16.1 Å². The number of aromatic hydroxyl groups is 1. The third kappa shape index (κ3) is 2.36. The third-order valence-electron chi connectivity index (χ3n) is 3.02. The molecule has 0 saturated carbocycles. The highest BCUT2D eigenvalue weighted by Crippen LogP contribution is 2.22. The number of aryl methyl sites for hydroxylation is 1. The Hall–Kier alpha value is -2.75. The van der Waals surface area contributed by atoms with Gasteiger partial charge in [0, 0.05) is 11.1 Å². The maximum absolute atomic E-state index is 12.1. The Balaban J connectivity index is 1.86. The monoisotopic (exact) mass is 267 g/mol. The zero-order valence-corrected chi connectivity index (χ0v) is 10.9. The number of fused-ring (bicyclic) bond motifs is 1. The number of amides is 1. The summed E-state index contributed by atoms with van der Waals surface area (Å²) in [4.78, 5) is 12.1. The fourth-order valence-corrected chi connectivity index (χ4v) is 2.01. The van der Waals surface area contributed by atoms with Crippen LogP contribution in [0.3, 0.4) is 0 Å². The molecule has 20 heavy (non-hydrogen) atoms. The molecule has 3 aromatic rings. The minimum absolute atomic E-state index is 0.155. The second-order valence-electron chi connectivity index (χ2n) is 4.65. The Labute approximate surface area is 115 Å². The minimum Gasteiger partial charge on any atom is -0.508 e. The average Bonchev–Trinajstić information content (AvgIpc) is 2.84. The minimum atomic E-state index is -0.315. The molecule has 0 aliphatic heterocycles. The van der Waals surface area contributed by atoms with E-state index in [1.807, 2.05) is 25.1 Å². The summed E-state index contributed by atoms with van der Waals surface area (Å²) < 4.78 is 5.52. The van der Waals surface area contributed by atoms with E-state index in [1.54, 1.807) is 18.2 Å². The number of carbonyl (C=O) groups excluding carboxylic acids is 1. The van der Waals surface area contributed by atoms with Crippen molar-refractivity contribution in [2.24, 2.45) is 0 Å². The van der Waals surface area contributed by atoms with Crippen LogP contribution in [-0.4, -0.2) is 11.0 Å². The Morgan fingerprint density at radius 1 is 1.10 bits per heavy atom. The molecule has 1 amide bonds. The molecule has 0 saturated heterocycles. The average molecular weight is 267 g/mol. The number of furan rings is 1. The summed E-state index contributed by atoms with van der Waals surface area (Å²) in [5, 5.41) is 12.8. The molecule has 0 fully saturated rings. The van der Waals surface area contributed by atoms with Crippen molar-refractivity contribution in [3.63, 3.8) is 0 Å². The van der Waals surface area contributed by atoms with Gasteiger partial charge in [-0.25, -0.2) is 0 Å². The van der Waals surface area contributed by atoms with Crippen molar-refractivity contribution >= 4 is 22.6 Å². The first kappa shape index (κ1) is 12.3. The van der Waals surface area contributed by atoms with Gasteiger partial charge in [-0.3, -0.25) is 4.79 Å². The summed E-state index contributed by atoms with van der Waals surface area (Å²) in [6.45, 7) is 1.99.